The van der Waals surface area contributed by atoms with Crippen LogP contribution in [0.3, 0.4) is 0 Å². The molecule has 0 atom stereocenters. The summed E-state index contributed by atoms with van der Waals surface area (Å²) in [6, 6.07) is 30.5. The summed E-state index contributed by atoms with van der Waals surface area (Å²) in [6.45, 7) is 11.7. The highest BCUT2D eigenvalue weighted by molar-refractivity contribution is 5.87. The molecule has 0 radical (unpaired) electrons. The van der Waals surface area contributed by atoms with Crippen LogP contribution in [-0.2, 0) is 14.9 Å². The first-order chi connectivity index (χ1) is 19.1. The Bertz CT molecular complexity index is 1320. The SMILES string of the molecule is CCOCCOc1ccc(C)cc1C1(c2cc(C)ccc2OCCOCC)c2ccccc2-c2ccccc21. The molecule has 0 saturated heterocycles. The lowest BCUT2D eigenvalue weighted by atomic mass is 9.66. The van der Waals surface area contributed by atoms with Gasteiger partial charge in [0.25, 0.3) is 0 Å². The fourth-order valence-electron chi connectivity index (χ4n) is 5.80. The molecular weight excluding hydrogens is 484 g/mol. The van der Waals surface area contributed by atoms with E-state index in [4.69, 9.17) is 18.9 Å². The highest BCUT2D eigenvalue weighted by Gasteiger charge is 2.49. The zero-order valence-corrected chi connectivity index (χ0v) is 23.5. The van der Waals surface area contributed by atoms with Gasteiger partial charge < -0.3 is 18.9 Å². The molecule has 0 heterocycles. The Kier molecular flexibility index (Phi) is 8.35. The molecule has 0 aromatic heterocycles. The van der Waals surface area contributed by atoms with E-state index in [1.165, 1.54) is 33.4 Å². The van der Waals surface area contributed by atoms with Crippen molar-refractivity contribution in [1.82, 2.24) is 0 Å². The van der Waals surface area contributed by atoms with E-state index in [0.29, 0.717) is 39.6 Å². The Labute approximate surface area is 232 Å². The summed E-state index contributed by atoms with van der Waals surface area (Å²) >= 11 is 0. The molecule has 5 rings (SSSR count). The molecule has 0 unspecified atom stereocenters. The number of benzene rings is 4. The molecule has 0 fully saturated rings. The standard InChI is InChI=1S/C35H38O4/c1-5-36-19-21-38-33-17-15-25(3)23-31(33)35(32-24-26(4)16-18-34(32)39-22-20-37-6-2)29-13-9-7-11-27(29)28-12-8-10-14-30(28)35/h7-18,23-24H,5-6,19-22H2,1-4H3. The molecule has 1 aliphatic rings. The molecule has 0 aliphatic heterocycles. The van der Waals surface area contributed by atoms with Crippen LogP contribution in [0.2, 0.25) is 0 Å². The highest BCUT2D eigenvalue weighted by Crippen LogP contribution is 2.59. The van der Waals surface area contributed by atoms with Crippen molar-refractivity contribution >= 4 is 0 Å². The Morgan fingerprint density at radius 3 is 1.38 bits per heavy atom. The molecule has 4 aromatic carbocycles. The van der Waals surface area contributed by atoms with Crippen LogP contribution in [0.25, 0.3) is 11.1 Å². The summed E-state index contributed by atoms with van der Waals surface area (Å²) in [6.07, 6.45) is 0. The maximum absolute atomic E-state index is 6.48. The van der Waals surface area contributed by atoms with E-state index in [1.54, 1.807) is 0 Å². The van der Waals surface area contributed by atoms with Crippen LogP contribution in [0.4, 0.5) is 0 Å². The molecule has 4 heteroatoms. The van der Waals surface area contributed by atoms with Gasteiger partial charge >= 0.3 is 0 Å². The van der Waals surface area contributed by atoms with Gasteiger partial charge in [-0.2, -0.15) is 0 Å². The van der Waals surface area contributed by atoms with Crippen LogP contribution >= 0.6 is 0 Å². The molecule has 39 heavy (non-hydrogen) atoms. The van der Waals surface area contributed by atoms with E-state index >= 15 is 0 Å². The van der Waals surface area contributed by atoms with E-state index < -0.39 is 5.41 Å². The summed E-state index contributed by atoms with van der Waals surface area (Å²) in [5.74, 6) is 1.71. The van der Waals surface area contributed by atoms with Crippen molar-refractivity contribution in [2.75, 3.05) is 39.6 Å². The van der Waals surface area contributed by atoms with Gasteiger partial charge in [-0.1, -0.05) is 83.9 Å². The molecule has 202 valence electrons. The first kappa shape index (κ1) is 27.0. The number of hydrogen-bond acceptors (Lipinski definition) is 4. The predicted octanol–water partition coefficient (Wildman–Crippen LogP) is 7.50. The maximum Gasteiger partial charge on any atom is 0.124 e. The van der Waals surface area contributed by atoms with E-state index in [0.717, 1.165) is 22.6 Å². The van der Waals surface area contributed by atoms with Crippen LogP contribution in [-0.4, -0.2) is 39.6 Å². The second-order valence-corrected chi connectivity index (χ2v) is 9.93. The first-order valence-electron chi connectivity index (χ1n) is 13.9. The fourth-order valence-corrected chi connectivity index (χ4v) is 5.80. The number of fused-ring (bicyclic) bond motifs is 3. The number of ether oxygens (including phenoxy) is 4. The van der Waals surface area contributed by atoms with Crippen molar-refractivity contribution in [1.29, 1.82) is 0 Å². The Hall–Kier alpha value is -3.60. The third-order valence-electron chi connectivity index (χ3n) is 7.41. The summed E-state index contributed by atoms with van der Waals surface area (Å²) in [4.78, 5) is 0. The Morgan fingerprint density at radius 1 is 0.513 bits per heavy atom. The van der Waals surface area contributed by atoms with Gasteiger partial charge in [0.15, 0.2) is 0 Å². The van der Waals surface area contributed by atoms with E-state index in [2.05, 4.69) is 98.8 Å². The minimum absolute atomic E-state index is 0.481. The van der Waals surface area contributed by atoms with E-state index in [9.17, 15) is 0 Å². The quantitative estimate of drug-likeness (QED) is 0.159. The van der Waals surface area contributed by atoms with Gasteiger partial charge in [-0.25, -0.2) is 0 Å². The lowest BCUT2D eigenvalue weighted by Crippen LogP contribution is -2.30. The summed E-state index contributed by atoms with van der Waals surface area (Å²) in [5, 5.41) is 0. The van der Waals surface area contributed by atoms with Crippen LogP contribution < -0.4 is 9.47 Å². The monoisotopic (exact) mass is 522 g/mol. The van der Waals surface area contributed by atoms with Gasteiger partial charge in [0.2, 0.25) is 0 Å². The van der Waals surface area contributed by atoms with E-state index in [-0.39, 0.29) is 0 Å². The molecule has 4 nitrogen and oxygen atoms in total. The second-order valence-electron chi connectivity index (χ2n) is 9.93. The van der Waals surface area contributed by atoms with Gasteiger partial charge in [-0.3, -0.25) is 0 Å². The van der Waals surface area contributed by atoms with Crippen LogP contribution in [0, 0.1) is 13.8 Å². The topological polar surface area (TPSA) is 36.9 Å². The Balaban J connectivity index is 1.81. The van der Waals surface area contributed by atoms with Crippen molar-refractivity contribution in [3.05, 3.63) is 118 Å². The maximum atomic E-state index is 6.48. The average molecular weight is 523 g/mol. The van der Waals surface area contributed by atoms with Crippen molar-refractivity contribution in [3.8, 4) is 22.6 Å². The molecule has 1 aliphatic carbocycles. The van der Waals surface area contributed by atoms with Gasteiger partial charge in [0.1, 0.15) is 24.7 Å². The summed E-state index contributed by atoms with van der Waals surface area (Å²) in [5.41, 5.74) is 8.86. The predicted molar refractivity (Wildman–Crippen MR) is 157 cm³/mol. The van der Waals surface area contributed by atoms with Gasteiger partial charge in [-0.05, 0) is 62.1 Å². The molecule has 0 bridgehead atoms. The number of hydrogen-bond donors (Lipinski definition) is 0. The van der Waals surface area contributed by atoms with Gasteiger partial charge in [-0.15, -0.1) is 0 Å². The van der Waals surface area contributed by atoms with Crippen molar-refractivity contribution < 1.29 is 18.9 Å². The van der Waals surface area contributed by atoms with Gasteiger partial charge in [0.05, 0.1) is 18.6 Å². The number of aryl methyl sites for hydroxylation is 2. The third-order valence-corrected chi connectivity index (χ3v) is 7.41. The summed E-state index contributed by atoms with van der Waals surface area (Å²) < 4.78 is 24.2. The highest BCUT2D eigenvalue weighted by atomic mass is 16.5. The second kappa shape index (κ2) is 12.1. The van der Waals surface area contributed by atoms with Crippen molar-refractivity contribution in [2.24, 2.45) is 0 Å². The third kappa shape index (κ3) is 5.07. The molecular formula is C35H38O4. The van der Waals surface area contributed by atoms with Crippen molar-refractivity contribution in [3.63, 3.8) is 0 Å². The molecule has 0 amide bonds. The lowest BCUT2D eigenvalue weighted by Gasteiger charge is -2.36. The smallest absolute Gasteiger partial charge is 0.124 e. The first-order valence-corrected chi connectivity index (χ1v) is 13.9. The Morgan fingerprint density at radius 2 is 0.949 bits per heavy atom. The van der Waals surface area contributed by atoms with Crippen LogP contribution in [0.5, 0.6) is 11.5 Å². The number of rotatable bonds is 12. The largest absolute Gasteiger partial charge is 0.491 e. The minimum atomic E-state index is -0.632. The minimum Gasteiger partial charge on any atom is -0.491 e. The average Bonchev–Trinajstić information content (AvgIpc) is 3.26. The zero-order chi connectivity index (χ0) is 27.2. The van der Waals surface area contributed by atoms with E-state index in [1.807, 2.05) is 13.8 Å². The lowest BCUT2D eigenvalue weighted by molar-refractivity contribution is 0.109. The molecule has 0 spiro atoms. The molecule has 0 saturated carbocycles. The van der Waals surface area contributed by atoms with Gasteiger partial charge in [0, 0.05) is 24.3 Å². The molecule has 4 aromatic rings. The summed E-state index contributed by atoms with van der Waals surface area (Å²) in [7, 11) is 0. The van der Waals surface area contributed by atoms with Crippen molar-refractivity contribution in [2.45, 2.75) is 33.1 Å². The van der Waals surface area contributed by atoms with Crippen LogP contribution in [0.15, 0.2) is 84.9 Å². The molecule has 0 N–H and O–H groups in total. The normalized spacial score (nSPS) is 13.1. The zero-order valence-electron chi connectivity index (χ0n) is 23.5. The van der Waals surface area contributed by atoms with Crippen LogP contribution in [0.1, 0.15) is 47.2 Å². The fraction of sp³-hybridized carbons (Fsp3) is 0.314.